The molecule has 2 heteroatoms. The Morgan fingerprint density at radius 3 is 2.83 bits per heavy atom. The molecule has 0 heterocycles. The van der Waals surface area contributed by atoms with Crippen LogP contribution in [0.4, 0.5) is 0 Å². The molecule has 0 amide bonds. The minimum Gasteiger partial charge on any atom is -0.195 e. The first-order valence-corrected chi connectivity index (χ1v) is 4.21. The van der Waals surface area contributed by atoms with Crippen molar-refractivity contribution in [2.75, 3.05) is 0 Å². The van der Waals surface area contributed by atoms with Crippen LogP contribution < -0.4 is 0 Å². The van der Waals surface area contributed by atoms with E-state index in [0.29, 0.717) is 0 Å². The number of aliphatic imine (C=N–C) groups is 1. The second kappa shape index (κ2) is 3.61. The van der Waals surface area contributed by atoms with E-state index in [9.17, 15) is 0 Å². The highest BCUT2D eigenvalue weighted by Crippen LogP contribution is 2.22. The van der Waals surface area contributed by atoms with Gasteiger partial charge in [0, 0.05) is 5.41 Å². The Kier molecular flexibility index (Phi) is 2.74. The summed E-state index contributed by atoms with van der Waals surface area (Å²) in [5, 5.41) is 2.35. The van der Waals surface area contributed by atoms with Gasteiger partial charge in [0.1, 0.15) is 0 Å². The fourth-order valence-electron chi connectivity index (χ4n) is 0.933. The average Bonchev–Trinajstić information content (AvgIpc) is 2.14. The summed E-state index contributed by atoms with van der Waals surface area (Å²) in [7, 11) is 0. The number of allylic oxidation sites excluding steroid dienone is 5. The van der Waals surface area contributed by atoms with Crippen LogP contribution in [0.2, 0.25) is 0 Å². The summed E-state index contributed by atoms with van der Waals surface area (Å²) in [6, 6.07) is 0. The molecule has 0 saturated heterocycles. The third-order valence-corrected chi connectivity index (χ3v) is 1.74. The third kappa shape index (κ3) is 2.57. The van der Waals surface area contributed by atoms with E-state index in [1.165, 1.54) is 0 Å². The topological polar surface area (TPSA) is 12.4 Å². The van der Waals surface area contributed by atoms with Gasteiger partial charge in [-0.25, -0.2) is 0 Å². The number of hydrogen-bond acceptors (Lipinski definition) is 2. The van der Waals surface area contributed by atoms with Crippen molar-refractivity contribution in [2.45, 2.75) is 13.8 Å². The SMILES string of the molecule is CC1(C)C=CC=C(N=C=S)C=C1. The molecule has 0 radical (unpaired) electrons. The molecule has 0 aromatic rings. The minimum atomic E-state index is 0.106. The van der Waals surface area contributed by atoms with Gasteiger partial charge in [-0.05, 0) is 24.4 Å². The Morgan fingerprint density at radius 2 is 2.17 bits per heavy atom. The normalized spacial score (nSPS) is 19.3. The van der Waals surface area contributed by atoms with Crippen LogP contribution in [0.15, 0.2) is 41.1 Å². The zero-order chi connectivity index (χ0) is 9.03. The van der Waals surface area contributed by atoms with Crippen molar-refractivity contribution in [3.8, 4) is 0 Å². The van der Waals surface area contributed by atoms with Gasteiger partial charge < -0.3 is 0 Å². The van der Waals surface area contributed by atoms with Crippen LogP contribution in [0.1, 0.15) is 13.8 Å². The van der Waals surface area contributed by atoms with Crippen LogP contribution in [0, 0.1) is 5.41 Å². The third-order valence-electron chi connectivity index (χ3n) is 1.65. The molecule has 12 heavy (non-hydrogen) atoms. The Morgan fingerprint density at radius 1 is 1.42 bits per heavy atom. The van der Waals surface area contributed by atoms with Crippen LogP contribution in [-0.2, 0) is 0 Å². The van der Waals surface area contributed by atoms with Gasteiger partial charge in [0.15, 0.2) is 0 Å². The first kappa shape index (κ1) is 9.11. The molecular formula is C10H11NS. The number of nitrogens with zero attached hydrogens (tertiary/aromatic N) is 1. The maximum absolute atomic E-state index is 4.52. The molecule has 0 atom stereocenters. The number of isothiocyanates is 1. The standard InChI is InChI=1S/C10H11NS/c1-10(2)6-3-4-9(5-7-10)11-8-12/h3-7H,1-2H3. The number of rotatable bonds is 1. The van der Waals surface area contributed by atoms with Gasteiger partial charge in [-0.3, -0.25) is 0 Å². The van der Waals surface area contributed by atoms with Crippen molar-refractivity contribution in [1.29, 1.82) is 0 Å². The minimum absolute atomic E-state index is 0.106. The largest absolute Gasteiger partial charge is 0.195 e. The lowest BCUT2D eigenvalue weighted by Crippen LogP contribution is -2.00. The first-order chi connectivity index (χ1) is 5.64. The van der Waals surface area contributed by atoms with Crippen molar-refractivity contribution < 1.29 is 0 Å². The van der Waals surface area contributed by atoms with Crippen molar-refractivity contribution in [1.82, 2.24) is 0 Å². The summed E-state index contributed by atoms with van der Waals surface area (Å²) < 4.78 is 0. The van der Waals surface area contributed by atoms with Gasteiger partial charge in [-0.1, -0.05) is 32.1 Å². The van der Waals surface area contributed by atoms with E-state index in [1.807, 2.05) is 18.2 Å². The van der Waals surface area contributed by atoms with Crippen LogP contribution in [-0.4, -0.2) is 5.16 Å². The second-order valence-corrected chi connectivity index (χ2v) is 3.49. The lowest BCUT2D eigenvalue weighted by Gasteiger charge is -2.12. The molecular weight excluding hydrogens is 166 g/mol. The van der Waals surface area contributed by atoms with E-state index in [1.54, 1.807) is 0 Å². The average molecular weight is 177 g/mol. The van der Waals surface area contributed by atoms with Crippen LogP contribution in [0.25, 0.3) is 0 Å². The lowest BCUT2D eigenvalue weighted by atomic mass is 9.93. The molecule has 0 aromatic heterocycles. The molecule has 0 unspecified atom stereocenters. The second-order valence-electron chi connectivity index (χ2n) is 3.31. The lowest BCUT2D eigenvalue weighted by molar-refractivity contribution is 0.627. The predicted molar refractivity (Wildman–Crippen MR) is 55.2 cm³/mol. The van der Waals surface area contributed by atoms with Crippen LogP contribution in [0.3, 0.4) is 0 Å². The predicted octanol–water partition coefficient (Wildman–Crippen LogP) is 3.13. The van der Waals surface area contributed by atoms with Gasteiger partial charge in [0.2, 0.25) is 0 Å². The molecule has 1 aliphatic rings. The highest BCUT2D eigenvalue weighted by molar-refractivity contribution is 7.78. The van der Waals surface area contributed by atoms with Gasteiger partial charge in [0.25, 0.3) is 0 Å². The van der Waals surface area contributed by atoms with E-state index >= 15 is 0 Å². The van der Waals surface area contributed by atoms with E-state index in [4.69, 9.17) is 0 Å². The fourth-order valence-corrected chi connectivity index (χ4v) is 1.04. The summed E-state index contributed by atoms with van der Waals surface area (Å²) in [6.45, 7) is 4.27. The molecule has 0 N–H and O–H groups in total. The monoisotopic (exact) mass is 177 g/mol. The van der Waals surface area contributed by atoms with Gasteiger partial charge in [-0.15, -0.1) is 0 Å². The number of thiocarbonyl (C=S) groups is 1. The summed E-state index contributed by atoms with van der Waals surface area (Å²) in [5.41, 5.74) is 0.960. The Bertz CT molecular complexity index is 302. The first-order valence-electron chi connectivity index (χ1n) is 3.81. The van der Waals surface area contributed by atoms with E-state index in [2.05, 4.69) is 48.4 Å². The zero-order valence-corrected chi connectivity index (χ0v) is 8.06. The smallest absolute Gasteiger partial charge is 0.0736 e. The van der Waals surface area contributed by atoms with E-state index in [-0.39, 0.29) is 5.41 Å². The molecule has 1 rings (SSSR count). The molecule has 0 spiro atoms. The molecule has 0 aliphatic heterocycles. The van der Waals surface area contributed by atoms with E-state index < -0.39 is 0 Å². The van der Waals surface area contributed by atoms with E-state index in [0.717, 1.165) is 5.70 Å². The summed E-state index contributed by atoms with van der Waals surface area (Å²) in [4.78, 5) is 3.90. The Hall–Kier alpha value is -0.980. The number of hydrogen-bond donors (Lipinski definition) is 0. The molecule has 0 saturated carbocycles. The molecule has 62 valence electrons. The van der Waals surface area contributed by atoms with Crippen molar-refractivity contribution in [3.63, 3.8) is 0 Å². The highest BCUT2D eigenvalue weighted by Gasteiger charge is 2.09. The highest BCUT2D eigenvalue weighted by atomic mass is 32.1. The molecule has 0 fully saturated rings. The van der Waals surface area contributed by atoms with Gasteiger partial charge >= 0.3 is 0 Å². The molecule has 0 bridgehead atoms. The van der Waals surface area contributed by atoms with Crippen molar-refractivity contribution >= 4 is 17.4 Å². The van der Waals surface area contributed by atoms with Crippen LogP contribution in [0.5, 0.6) is 0 Å². The summed E-state index contributed by atoms with van der Waals surface area (Å²) in [5.74, 6) is 0. The van der Waals surface area contributed by atoms with Crippen LogP contribution >= 0.6 is 12.2 Å². The Labute approximate surface area is 78.2 Å². The molecule has 1 aliphatic carbocycles. The molecule has 1 nitrogen and oxygen atoms in total. The Balaban J connectivity index is 2.93. The summed E-state index contributed by atoms with van der Waals surface area (Å²) >= 11 is 4.52. The zero-order valence-electron chi connectivity index (χ0n) is 7.24. The summed E-state index contributed by atoms with van der Waals surface area (Å²) in [6.07, 6.45) is 10.1. The van der Waals surface area contributed by atoms with Crippen molar-refractivity contribution in [2.24, 2.45) is 10.4 Å². The fraction of sp³-hybridized carbons (Fsp3) is 0.300. The maximum Gasteiger partial charge on any atom is 0.0736 e. The van der Waals surface area contributed by atoms with Crippen molar-refractivity contribution in [3.05, 3.63) is 36.1 Å². The molecule has 0 aromatic carbocycles. The quantitative estimate of drug-likeness (QED) is 0.443. The maximum atomic E-state index is 4.52. The van der Waals surface area contributed by atoms with Gasteiger partial charge in [0.05, 0.1) is 10.9 Å². The van der Waals surface area contributed by atoms with Gasteiger partial charge in [-0.2, -0.15) is 4.99 Å².